The summed E-state index contributed by atoms with van der Waals surface area (Å²) in [5.41, 5.74) is 0. The van der Waals surface area contributed by atoms with Gasteiger partial charge in [-0.2, -0.15) is 0 Å². The molecule has 6 nitrogen and oxygen atoms in total. The molecule has 1 saturated carbocycles. The summed E-state index contributed by atoms with van der Waals surface area (Å²) < 4.78 is 5.09. The molecular formula is C15H22N2O4. The lowest BCUT2D eigenvalue weighted by molar-refractivity contribution is 0.0660. The zero-order valence-electron chi connectivity index (χ0n) is 12.2. The second-order valence-electron chi connectivity index (χ2n) is 5.46. The van der Waals surface area contributed by atoms with Crippen LogP contribution in [0.15, 0.2) is 16.5 Å². The van der Waals surface area contributed by atoms with E-state index in [9.17, 15) is 9.59 Å². The number of nitrogens with one attached hydrogen (secondary N) is 2. The maximum atomic E-state index is 11.9. The quantitative estimate of drug-likeness (QED) is 0.778. The van der Waals surface area contributed by atoms with Gasteiger partial charge in [-0.3, -0.25) is 0 Å². The highest BCUT2D eigenvalue weighted by Gasteiger charge is 2.24. The molecule has 3 N–H and O–H groups in total. The summed E-state index contributed by atoms with van der Waals surface area (Å²) >= 11 is 0. The Labute approximate surface area is 123 Å². The summed E-state index contributed by atoms with van der Waals surface area (Å²) in [4.78, 5) is 22.6. The molecule has 0 aromatic carbocycles. The predicted octanol–water partition coefficient (Wildman–Crippen LogP) is 2.75. The van der Waals surface area contributed by atoms with E-state index >= 15 is 0 Å². The lowest BCUT2D eigenvalue weighted by atomic mass is 9.83. The average molecular weight is 294 g/mol. The molecule has 0 aliphatic heterocycles. The number of hydrogen-bond acceptors (Lipinski definition) is 3. The van der Waals surface area contributed by atoms with Gasteiger partial charge in [-0.1, -0.05) is 26.2 Å². The fourth-order valence-electron chi connectivity index (χ4n) is 2.86. The standard InChI is InChI=1S/C15H22N2O4/c1-2-10-5-3-4-6-12(10)17-15(20)16-9-11-7-8-13(21-11)14(18)19/h7-8,10,12H,2-6,9H2,1H3,(H,18,19)(H2,16,17,20). The number of carboxylic acid groups (broad SMARTS) is 1. The van der Waals surface area contributed by atoms with Crippen molar-refractivity contribution in [3.05, 3.63) is 23.7 Å². The summed E-state index contributed by atoms with van der Waals surface area (Å²) in [5, 5.41) is 14.5. The highest BCUT2D eigenvalue weighted by molar-refractivity contribution is 5.84. The van der Waals surface area contributed by atoms with Crippen LogP contribution in [0.5, 0.6) is 0 Å². The first-order valence-electron chi connectivity index (χ1n) is 7.46. The maximum Gasteiger partial charge on any atom is 0.371 e. The van der Waals surface area contributed by atoms with Crippen molar-refractivity contribution in [2.75, 3.05) is 0 Å². The first-order valence-corrected chi connectivity index (χ1v) is 7.46. The van der Waals surface area contributed by atoms with Crippen LogP contribution in [-0.4, -0.2) is 23.1 Å². The molecular weight excluding hydrogens is 272 g/mol. The summed E-state index contributed by atoms with van der Waals surface area (Å²) in [6, 6.07) is 2.94. The van der Waals surface area contributed by atoms with Crippen LogP contribution >= 0.6 is 0 Å². The van der Waals surface area contributed by atoms with Crippen molar-refractivity contribution in [2.45, 2.75) is 51.6 Å². The molecule has 0 radical (unpaired) electrons. The van der Waals surface area contributed by atoms with Crippen LogP contribution in [0.3, 0.4) is 0 Å². The second kappa shape index (κ2) is 7.15. The molecule has 1 aromatic heterocycles. The van der Waals surface area contributed by atoms with Gasteiger partial charge in [-0.15, -0.1) is 0 Å². The third kappa shape index (κ3) is 4.24. The molecule has 1 fully saturated rings. The number of rotatable bonds is 5. The number of aromatic carboxylic acids is 1. The van der Waals surface area contributed by atoms with E-state index in [-0.39, 0.29) is 24.4 Å². The Kier molecular flexibility index (Phi) is 5.25. The first-order chi connectivity index (χ1) is 10.1. The Morgan fingerprint density at radius 1 is 1.33 bits per heavy atom. The Morgan fingerprint density at radius 3 is 2.76 bits per heavy atom. The molecule has 1 aliphatic carbocycles. The lowest BCUT2D eigenvalue weighted by Gasteiger charge is -2.31. The molecule has 2 unspecified atom stereocenters. The average Bonchev–Trinajstić information content (AvgIpc) is 2.95. The minimum Gasteiger partial charge on any atom is -0.475 e. The van der Waals surface area contributed by atoms with Gasteiger partial charge in [0.2, 0.25) is 5.76 Å². The van der Waals surface area contributed by atoms with E-state index in [1.165, 1.54) is 18.9 Å². The Bertz CT molecular complexity index is 498. The molecule has 116 valence electrons. The van der Waals surface area contributed by atoms with Crippen molar-refractivity contribution in [3.63, 3.8) is 0 Å². The molecule has 0 spiro atoms. The molecule has 2 rings (SSSR count). The first kappa shape index (κ1) is 15.4. The van der Waals surface area contributed by atoms with Gasteiger partial charge in [-0.05, 0) is 30.9 Å². The van der Waals surface area contributed by atoms with Gasteiger partial charge in [0.05, 0.1) is 6.54 Å². The van der Waals surface area contributed by atoms with E-state index in [1.54, 1.807) is 6.07 Å². The van der Waals surface area contributed by atoms with Crippen LogP contribution in [0, 0.1) is 5.92 Å². The molecule has 6 heteroatoms. The van der Waals surface area contributed by atoms with Crippen LogP contribution < -0.4 is 10.6 Å². The molecule has 0 saturated heterocycles. The minimum atomic E-state index is -1.11. The van der Waals surface area contributed by atoms with Crippen molar-refractivity contribution in [3.8, 4) is 0 Å². The number of carboxylic acids is 1. The third-order valence-electron chi connectivity index (χ3n) is 4.05. The van der Waals surface area contributed by atoms with Crippen molar-refractivity contribution < 1.29 is 19.1 Å². The highest BCUT2D eigenvalue weighted by atomic mass is 16.4. The smallest absolute Gasteiger partial charge is 0.371 e. The van der Waals surface area contributed by atoms with Gasteiger partial charge in [0.1, 0.15) is 5.76 Å². The van der Waals surface area contributed by atoms with Crippen LogP contribution in [-0.2, 0) is 6.54 Å². The van der Waals surface area contributed by atoms with Crippen LogP contribution in [0.4, 0.5) is 4.79 Å². The highest BCUT2D eigenvalue weighted by Crippen LogP contribution is 2.26. The summed E-state index contributed by atoms with van der Waals surface area (Å²) in [6.45, 7) is 2.33. The molecule has 1 aromatic rings. The molecule has 2 amide bonds. The SMILES string of the molecule is CCC1CCCCC1NC(=O)NCc1ccc(C(=O)O)o1. The zero-order valence-corrected chi connectivity index (χ0v) is 12.2. The van der Waals surface area contributed by atoms with Crippen molar-refractivity contribution >= 4 is 12.0 Å². The number of hydrogen-bond donors (Lipinski definition) is 3. The molecule has 1 heterocycles. The van der Waals surface area contributed by atoms with E-state index in [2.05, 4.69) is 17.6 Å². The summed E-state index contributed by atoms with van der Waals surface area (Å²) in [7, 11) is 0. The van der Waals surface area contributed by atoms with E-state index in [4.69, 9.17) is 9.52 Å². The predicted molar refractivity (Wildman–Crippen MR) is 77.1 cm³/mol. The van der Waals surface area contributed by atoms with Gasteiger partial charge >= 0.3 is 12.0 Å². The second-order valence-corrected chi connectivity index (χ2v) is 5.46. The monoisotopic (exact) mass is 294 g/mol. The van der Waals surface area contributed by atoms with Gasteiger partial charge in [0.25, 0.3) is 0 Å². The summed E-state index contributed by atoms with van der Waals surface area (Å²) in [5.74, 6) is -0.255. The van der Waals surface area contributed by atoms with Gasteiger partial charge in [0, 0.05) is 6.04 Å². The van der Waals surface area contributed by atoms with E-state index in [0.717, 1.165) is 19.3 Å². The van der Waals surface area contributed by atoms with Crippen LogP contribution in [0.25, 0.3) is 0 Å². The fourth-order valence-corrected chi connectivity index (χ4v) is 2.86. The van der Waals surface area contributed by atoms with E-state index in [0.29, 0.717) is 11.7 Å². The number of furan rings is 1. The largest absolute Gasteiger partial charge is 0.475 e. The number of urea groups is 1. The Morgan fingerprint density at radius 2 is 2.10 bits per heavy atom. The van der Waals surface area contributed by atoms with Crippen molar-refractivity contribution in [1.82, 2.24) is 10.6 Å². The molecule has 2 atom stereocenters. The van der Waals surface area contributed by atoms with Crippen molar-refractivity contribution in [1.29, 1.82) is 0 Å². The van der Waals surface area contributed by atoms with Crippen molar-refractivity contribution in [2.24, 2.45) is 5.92 Å². The van der Waals surface area contributed by atoms with Gasteiger partial charge in [-0.25, -0.2) is 9.59 Å². The van der Waals surface area contributed by atoms with Gasteiger partial charge < -0.3 is 20.2 Å². The fraction of sp³-hybridized carbons (Fsp3) is 0.600. The topological polar surface area (TPSA) is 91.6 Å². The number of carbonyl (C=O) groups excluding carboxylic acids is 1. The summed E-state index contributed by atoms with van der Waals surface area (Å²) in [6.07, 6.45) is 5.66. The van der Waals surface area contributed by atoms with Gasteiger partial charge in [0.15, 0.2) is 0 Å². The van der Waals surface area contributed by atoms with E-state index in [1.807, 2.05) is 0 Å². The Balaban J connectivity index is 1.79. The molecule has 1 aliphatic rings. The Hall–Kier alpha value is -1.98. The molecule has 21 heavy (non-hydrogen) atoms. The third-order valence-corrected chi connectivity index (χ3v) is 4.05. The maximum absolute atomic E-state index is 11.9. The number of amides is 2. The lowest BCUT2D eigenvalue weighted by Crippen LogP contribution is -2.46. The van der Waals surface area contributed by atoms with Crippen LogP contribution in [0.1, 0.15) is 55.3 Å². The van der Waals surface area contributed by atoms with E-state index < -0.39 is 5.97 Å². The van der Waals surface area contributed by atoms with Crippen LogP contribution in [0.2, 0.25) is 0 Å². The normalized spacial score (nSPS) is 21.8. The minimum absolute atomic E-state index is 0.120. The molecule has 0 bridgehead atoms. The zero-order chi connectivity index (χ0) is 15.2. The number of carbonyl (C=O) groups is 2.